The summed E-state index contributed by atoms with van der Waals surface area (Å²) in [6.07, 6.45) is 0. The number of H-pyrrole nitrogens is 1. The summed E-state index contributed by atoms with van der Waals surface area (Å²) < 4.78 is 11.6. The van der Waals surface area contributed by atoms with Crippen molar-refractivity contribution in [2.24, 2.45) is 5.92 Å². The van der Waals surface area contributed by atoms with Crippen molar-refractivity contribution in [1.82, 2.24) is 4.98 Å². The number of benzene rings is 3. The zero-order valence-corrected chi connectivity index (χ0v) is 27.5. The molecule has 3 unspecified atom stereocenters. The minimum Gasteiger partial charge on any atom is -0.483 e. The number of amides is 3. The van der Waals surface area contributed by atoms with E-state index in [1.165, 1.54) is 36.4 Å². The number of rotatable bonds is 9. The van der Waals surface area contributed by atoms with Gasteiger partial charge in [-0.2, -0.15) is 0 Å². The number of carbonyl (C=O) groups excluding carboxylic acids is 4. The smallest absolute Gasteiger partial charge is 0.338 e. The number of fused-ring (bicyclic) bond motifs is 2. The first-order valence-electron chi connectivity index (χ1n) is 14.1. The predicted molar refractivity (Wildman–Crippen MR) is 176 cm³/mol. The topological polar surface area (TPSA) is 178 Å². The minimum absolute atomic E-state index is 0.189. The van der Waals surface area contributed by atoms with Crippen molar-refractivity contribution in [2.45, 2.75) is 23.1 Å². The van der Waals surface area contributed by atoms with Crippen LogP contribution >= 0.6 is 39.0 Å². The van der Waals surface area contributed by atoms with Crippen LogP contribution < -0.4 is 19.8 Å². The molecule has 3 amide bonds. The van der Waals surface area contributed by atoms with Gasteiger partial charge in [-0.25, -0.2) is 9.69 Å². The van der Waals surface area contributed by atoms with Gasteiger partial charge in [0.05, 0.1) is 33.7 Å². The highest BCUT2D eigenvalue weighted by Gasteiger charge is 2.57. The first-order valence-corrected chi connectivity index (χ1v) is 16.6. The van der Waals surface area contributed by atoms with Gasteiger partial charge in [0.15, 0.2) is 6.61 Å². The Hall–Kier alpha value is -4.80. The molecular formula is C31H23BrN4O9S2. The van der Waals surface area contributed by atoms with E-state index in [2.05, 4.69) is 26.2 Å². The van der Waals surface area contributed by atoms with Crippen molar-refractivity contribution < 1.29 is 33.6 Å². The lowest BCUT2D eigenvalue weighted by atomic mass is 9.82. The van der Waals surface area contributed by atoms with E-state index in [0.29, 0.717) is 31.2 Å². The van der Waals surface area contributed by atoms with Gasteiger partial charge < -0.3 is 19.8 Å². The molecule has 0 spiro atoms. The lowest BCUT2D eigenvalue weighted by Gasteiger charge is -2.31. The number of aromatic amines is 1. The standard InChI is InChI=1S/C31H23BrN4O9S2/c1-2-44-30(40)15-3-6-17(7-4-15)33-22(37)14-45-21-12-5-16(32)13-20(21)23-24-26(46-27-25(23)47-31(41)34-27)29(39)35(28(24)38)18-8-10-19(11-9-18)36(42)43/h3-13,23-24,26H,2,14H2,1H3,(H,33,37)(H,34,41). The summed E-state index contributed by atoms with van der Waals surface area (Å²) in [5.41, 5.74) is 1.24. The highest BCUT2D eigenvalue weighted by Crippen LogP contribution is 2.54. The second kappa shape index (κ2) is 13.1. The lowest BCUT2D eigenvalue weighted by molar-refractivity contribution is -0.384. The van der Waals surface area contributed by atoms with Crippen molar-refractivity contribution in [1.29, 1.82) is 0 Å². The Kier molecular flexibility index (Phi) is 8.98. The SMILES string of the molecule is CCOC(=O)c1ccc(NC(=O)COc2ccc(Br)cc2C2c3sc(=O)[nH]c3SC3C(=O)N(c4ccc([N+](=O)[O-])cc4)C(=O)C32)cc1. The Morgan fingerprint density at radius 3 is 2.45 bits per heavy atom. The number of hydrogen-bond donors (Lipinski definition) is 2. The van der Waals surface area contributed by atoms with E-state index >= 15 is 0 Å². The van der Waals surface area contributed by atoms with E-state index in [4.69, 9.17) is 9.47 Å². The summed E-state index contributed by atoms with van der Waals surface area (Å²) >= 11 is 5.48. The molecule has 3 atom stereocenters. The summed E-state index contributed by atoms with van der Waals surface area (Å²) in [6.45, 7) is 1.53. The van der Waals surface area contributed by atoms with Crippen molar-refractivity contribution in [3.05, 3.63) is 107 Å². The van der Waals surface area contributed by atoms with Gasteiger partial charge in [0.1, 0.15) is 11.0 Å². The molecule has 240 valence electrons. The van der Waals surface area contributed by atoms with Gasteiger partial charge in [-0.05, 0) is 61.5 Å². The van der Waals surface area contributed by atoms with E-state index in [1.54, 1.807) is 37.3 Å². The van der Waals surface area contributed by atoms with Crippen LogP contribution in [0, 0.1) is 16.0 Å². The Morgan fingerprint density at radius 1 is 1.04 bits per heavy atom. The monoisotopic (exact) mass is 738 g/mol. The Bertz CT molecular complexity index is 1980. The molecular weight excluding hydrogens is 716 g/mol. The van der Waals surface area contributed by atoms with Crippen LogP contribution in [0.3, 0.4) is 0 Å². The van der Waals surface area contributed by atoms with Gasteiger partial charge in [0.25, 0.3) is 11.6 Å². The number of aromatic nitrogens is 1. The fourth-order valence-electron chi connectivity index (χ4n) is 5.47. The van der Waals surface area contributed by atoms with Crippen LogP contribution in [0.5, 0.6) is 5.75 Å². The fraction of sp³-hybridized carbons (Fsp3) is 0.194. The number of nitro groups is 1. The number of anilines is 2. The zero-order chi connectivity index (χ0) is 33.4. The molecule has 0 radical (unpaired) electrons. The first kappa shape index (κ1) is 32.2. The van der Waals surface area contributed by atoms with E-state index in [1.807, 2.05) is 0 Å². The van der Waals surface area contributed by atoms with Crippen LogP contribution in [-0.2, 0) is 19.1 Å². The lowest BCUT2D eigenvalue weighted by Crippen LogP contribution is -2.32. The number of imide groups is 1. The number of thioether (sulfide) groups is 1. The molecule has 47 heavy (non-hydrogen) atoms. The largest absolute Gasteiger partial charge is 0.483 e. The number of esters is 1. The molecule has 0 aliphatic carbocycles. The molecule has 13 nitrogen and oxygen atoms in total. The fourth-order valence-corrected chi connectivity index (χ4v) is 8.35. The van der Waals surface area contributed by atoms with Crippen LogP contribution in [0.4, 0.5) is 17.1 Å². The van der Waals surface area contributed by atoms with Crippen molar-refractivity contribution >= 4 is 79.8 Å². The van der Waals surface area contributed by atoms with E-state index in [0.717, 1.165) is 28.0 Å². The van der Waals surface area contributed by atoms with Crippen LogP contribution in [0.25, 0.3) is 0 Å². The average Bonchev–Trinajstić information content (AvgIpc) is 3.54. The highest BCUT2D eigenvalue weighted by atomic mass is 79.9. The average molecular weight is 740 g/mol. The third kappa shape index (κ3) is 6.31. The summed E-state index contributed by atoms with van der Waals surface area (Å²) in [6, 6.07) is 16.4. The second-order valence-electron chi connectivity index (χ2n) is 10.4. The molecule has 3 heterocycles. The van der Waals surface area contributed by atoms with E-state index in [-0.39, 0.29) is 28.6 Å². The second-order valence-corrected chi connectivity index (χ2v) is 13.4. The van der Waals surface area contributed by atoms with Gasteiger partial charge in [-0.15, -0.1) is 0 Å². The molecule has 1 aromatic heterocycles. The number of ether oxygens (including phenoxy) is 2. The quantitative estimate of drug-likeness (QED) is 0.102. The van der Waals surface area contributed by atoms with Gasteiger partial charge in [-0.1, -0.05) is 39.0 Å². The van der Waals surface area contributed by atoms with Gasteiger partial charge in [0.2, 0.25) is 11.8 Å². The molecule has 6 rings (SSSR count). The maximum absolute atomic E-state index is 14.1. The molecule has 3 aromatic carbocycles. The third-order valence-electron chi connectivity index (χ3n) is 7.49. The highest BCUT2D eigenvalue weighted by molar-refractivity contribution is 9.10. The van der Waals surface area contributed by atoms with Crippen molar-refractivity contribution in [3.8, 4) is 5.75 Å². The predicted octanol–water partition coefficient (Wildman–Crippen LogP) is 5.10. The first-order chi connectivity index (χ1) is 22.5. The van der Waals surface area contributed by atoms with E-state index < -0.39 is 52.3 Å². The Balaban J connectivity index is 1.29. The van der Waals surface area contributed by atoms with Crippen LogP contribution in [0.1, 0.15) is 33.6 Å². The van der Waals surface area contributed by atoms with Crippen LogP contribution in [0.15, 0.2) is 81.0 Å². The van der Waals surface area contributed by atoms with Crippen molar-refractivity contribution in [3.63, 3.8) is 0 Å². The molecule has 2 aliphatic rings. The number of halogens is 1. The summed E-state index contributed by atoms with van der Waals surface area (Å²) in [4.78, 5) is 79.7. The Labute approximate surface area is 282 Å². The molecule has 2 N–H and O–H groups in total. The minimum atomic E-state index is -0.954. The molecule has 2 aliphatic heterocycles. The molecule has 1 saturated heterocycles. The van der Waals surface area contributed by atoms with Crippen molar-refractivity contribution in [2.75, 3.05) is 23.4 Å². The zero-order valence-electron chi connectivity index (χ0n) is 24.3. The number of carbonyl (C=O) groups is 4. The Morgan fingerprint density at radius 2 is 1.77 bits per heavy atom. The summed E-state index contributed by atoms with van der Waals surface area (Å²) in [7, 11) is 0. The molecule has 16 heteroatoms. The third-order valence-corrected chi connectivity index (χ3v) is 10.4. The summed E-state index contributed by atoms with van der Waals surface area (Å²) in [5, 5.41) is 13.4. The number of hydrogen-bond acceptors (Lipinski definition) is 11. The van der Waals surface area contributed by atoms with Crippen LogP contribution in [0.2, 0.25) is 0 Å². The molecule has 0 saturated carbocycles. The molecule has 1 fully saturated rings. The number of nitro benzene ring substituents is 1. The van der Waals surface area contributed by atoms with E-state index in [9.17, 15) is 34.1 Å². The maximum atomic E-state index is 14.1. The van der Waals surface area contributed by atoms with Gasteiger partial charge in [0, 0.05) is 38.7 Å². The molecule has 0 bridgehead atoms. The maximum Gasteiger partial charge on any atom is 0.338 e. The summed E-state index contributed by atoms with van der Waals surface area (Å²) in [5.74, 6) is -3.52. The normalized spacial score (nSPS) is 18.3. The number of thiazole rings is 1. The molecule has 4 aromatic rings. The number of non-ortho nitro benzene ring substituents is 1. The number of nitrogens with zero attached hydrogens (tertiary/aromatic N) is 2. The number of nitrogens with one attached hydrogen (secondary N) is 2. The van der Waals surface area contributed by atoms with Crippen LogP contribution in [-0.4, -0.2) is 52.1 Å². The van der Waals surface area contributed by atoms with Gasteiger partial charge in [-0.3, -0.25) is 29.3 Å². The van der Waals surface area contributed by atoms with Gasteiger partial charge >= 0.3 is 10.8 Å².